The van der Waals surface area contributed by atoms with Crippen LogP contribution in [0.5, 0.6) is 0 Å². The molecule has 0 aliphatic carbocycles. The fourth-order valence-corrected chi connectivity index (χ4v) is 4.29. The maximum atomic E-state index is 10.9. The van der Waals surface area contributed by atoms with Gasteiger partial charge in [0.2, 0.25) is 0 Å². The molecule has 6 nitrogen and oxygen atoms in total. The first kappa shape index (κ1) is 39.3. The van der Waals surface area contributed by atoms with Crippen molar-refractivity contribution in [2.75, 3.05) is 33.0 Å². The molecule has 8 heteroatoms. The van der Waals surface area contributed by atoms with Crippen LogP contribution in [0, 0.1) is 5.41 Å². The Kier molecular flexibility index (Phi) is 26.1. The third-order valence-electron chi connectivity index (χ3n) is 6.41. The van der Waals surface area contributed by atoms with Crippen LogP contribution in [0.15, 0.2) is 54.5 Å². The molecule has 0 saturated carbocycles. The summed E-state index contributed by atoms with van der Waals surface area (Å²) in [6.45, 7) is 13.5. The van der Waals surface area contributed by atoms with Crippen molar-refractivity contribution in [2.45, 2.75) is 95.8 Å². The maximum absolute atomic E-state index is 10.9. The van der Waals surface area contributed by atoms with Crippen LogP contribution in [0.3, 0.4) is 0 Å². The summed E-state index contributed by atoms with van der Waals surface area (Å²) in [6, 6.07) is 6.52. The second kappa shape index (κ2) is 25.2. The number of aliphatic hydroxyl groups excluding tert-OH is 1. The Morgan fingerprint density at radius 1 is 0.816 bits per heavy atom. The second-order valence-electron chi connectivity index (χ2n) is 9.67. The van der Waals surface area contributed by atoms with Gasteiger partial charge in [-0.15, -0.1) is 13.2 Å². The molecule has 2 N–H and O–H groups in total. The van der Waals surface area contributed by atoms with Crippen LogP contribution in [0.1, 0.15) is 90.0 Å². The minimum absolute atomic E-state index is 0. The van der Waals surface area contributed by atoms with Gasteiger partial charge in [-0.25, -0.2) is 0 Å². The molecule has 0 heterocycles. The van der Waals surface area contributed by atoms with Crippen molar-refractivity contribution < 1.29 is 49.3 Å². The summed E-state index contributed by atoms with van der Waals surface area (Å²) in [5.41, 5.74) is 0.832. The summed E-state index contributed by atoms with van der Waals surface area (Å²) < 4.78 is 41.6. The van der Waals surface area contributed by atoms with Gasteiger partial charge in [-0.3, -0.25) is 4.55 Å². The number of ether oxygens (including phenoxy) is 2. The number of rotatable bonds is 22. The Labute approximate surface area is 247 Å². The number of aryl methyl sites for hydroxylation is 1. The minimum atomic E-state index is -4.06. The van der Waals surface area contributed by atoms with E-state index in [1.165, 1.54) is 69.9 Å². The van der Waals surface area contributed by atoms with Crippen LogP contribution in [0.4, 0.5) is 0 Å². The number of aliphatic hydroxyl groups is 1. The summed E-state index contributed by atoms with van der Waals surface area (Å²) in [7, 11) is -4.06. The zero-order valence-corrected chi connectivity index (χ0v) is 26.2. The van der Waals surface area contributed by atoms with Crippen LogP contribution in [0.25, 0.3) is 0 Å². The van der Waals surface area contributed by atoms with Crippen molar-refractivity contribution in [1.29, 1.82) is 0 Å². The quantitative estimate of drug-likeness (QED) is 0.0646. The Morgan fingerprint density at radius 3 is 1.63 bits per heavy atom. The molecule has 218 valence electrons. The van der Waals surface area contributed by atoms with E-state index in [4.69, 9.17) is 14.0 Å². The number of hydrogen-bond donors (Lipinski definition) is 2. The third kappa shape index (κ3) is 20.2. The average molecular weight is 589 g/mol. The van der Waals surface area contributed by atoms with Crippen LogP contribution in [0.2, 0.25) is 0 Å². The van der Waals surface area contributed by atoms with E-state index >= 15 is 0 Å². The van der Waals surface area contributed by atoms with Gasteiger partial charge in [-0.1, -0.05) is 95.9 Å². The minimum Gasteiger partial charge on any atom is -0.396 e. The molecule has 0 aliphatic heterocycles. The van der Waals surface area contributed by atoms with E-state index in [-0.39, 0.29) is 38.6 Å². The van der Waals surface area contributed by atoms with Gasteiger partial charge in [0.05, 0.1) is 37.9 Å². The topological polar surface area (TPSA) is 93.1 Å². The first-order valence-corrected chi connectivity index (χ1v) is 15.3. The van der Waals surface area contributed by atoms with Crippen molar-refractivity contribution in [2.24, 2.45) is 5.41 Å². The van der Waals surface area contributed by atoms with Gasteiger partial charge in [0.1, 0.15) is 0 Å². The van der Waals surface area contributed by atoms with E-state index in [9.17, 15) is 13.5 Å². The predicted molar refractivity (Wildman–Crippen MR) is 154 cm³/mol. The molecule has 0 aliphatic rings. The van der Waals surface area contributed by atoms with E-state index in [0.29, 0.717) is 26.4 Å². The summed E-state index contributed by atoms with van der Waals surface area (Å²) in [6.07, 6.45) is 18.3. The normalized spacial score (nSPS) is 11.3. The Hall–Kier alpha value is -0.796. The van der Waals surface area contributed by atoms with Crippen molar-refractivity contribution in [3.8, 4) is 0 Å². The van der Waals surface area contributed by atoms with Crippen LogP contribution >= 0.6 is 0 Å². The smallest absolute Gasteiger partial charge is 0.294 e. The van der Waals surface area contributed by atoms with E-state index in [1.807, 2.05) is 6.92 Å². The molecule has 0 spiro atoms. The van der Waals surface area contributed by atoms with Crippen molar-refractivity contribution in [3.05, 3.63) is 55.1 Å². The van der Waals surface area contributed by atoms with E-state index in [1.54, 1.807) is 24.3 Å². The monoisotopic (exact) mass is 588 g/mol. The average Bonchev–Trinajstić information content (AvgIpc) is 2.89. The van der Waals surface area contributed by atoms with Gasteiger partial charge in [0, 0.05) is 27.1 Å². The first-order chi connectivity index (χ1) is 17.8. The molecule has 1 aromatic rings. The van der Waals surface area contributed by atoms with Gasteiger partial charge in [-0.05, 0) is 37.0 Å². The Morgan fingerprint density at radius 2 is 1.26 bits per heavy atom. The van der Waals surface area contributed by atoms with Crippen LogP contribution < -0.4 is 0 Å². The first-order valence-electron chi connectivity index (χ1n) is 13.8. The fraction of sp³-hybridized carbons (Fsp3) is 0.667. The van der Waals surface area contributed by atoms with Crippen molar-refractivity contribution in [1.82, 2.24) is 0 Å². The van der Waals surface area contributed by atoms with Crippen molar-refractivity contribution in [3.63, 3.8) is 0 Å². The van der Waals surface area contributed by atoms with Crippen LogP contribution in [-0.2, 0) is 47.7 Å². The summed E-state index contributed by atoms with van der Waals surface area (Å²) in [5.74, 6) is 0. The zero-order chi connectivity index (χ0) is 27.8. The molecule has 0 radical (unpaired) electrons. The zero-order valence-electron chi connectivity index (χ0n) is 23.8. The molecule has 1 aromatic carbocycles. The number of benzene rings is 1. The summed E-state index contributed by atoms with van der Waals surface area (Å²) in [5, 5.41) is 9.36. The Bertz CT molecular complexity index is 775. The molecule has 0 atom stereocenters. The molecular weight excluding hydrogens is 536 g/mol. The largest absolute Gasteiger partial charge is 0.396 e. The van der Waals surface area contributed by atoms with E-state index < -0.39 is 10.1 Å². The molecule has 0 fully saturated rings. The van der Waals surface area contributed by atoms with Crippen molar-refractivity contribution >= 4 is 10.1 Å². The van der Waals surface area contributed by atoms with Gasteiger partial charge >= 0.3 is 0 Å². The van der Waals surface area contributed by atoms with Gasteiger partial charge in [0.15, 0.2) is 0 Å². The number of hydrogen-bond acceptors (Lipinski definition) is 5. The summed E-state index contributed by atoms with van der Waals surface area (Å²) in [4.78, 5) is -0.0284. The molecule has 0 unspecified atom stereocenters. The maximum Gasteiger partial charge on any atom is 0.294 e. The standard InChI is InChI=1S/C18H30O3S.C12H22O3.Ti/c1-2-3-4-5-6-7-8-9-10-11-12-17-13-15-18(16-14-17)22(19,20)21;1-4-7-14-10-12(6-3,9-13)11-15-8-5-2;/h13-16H,2-12H2,1H3,(H,19,20,21);4-5,13H,1-2,6-11H2,3H3;. The van der Waals surface area contributed by atoms with Gasteiger partial charge in [0.25, 0.3) is 10.1 Å². The number of unbranched alkanes of at least 4 members (excludes halogenated alkanes) is 9. The summed E-state index contributed by atoms with van der Waals surface area (Å²) >= 11 is 0. The third-order valence-corrected chi connectivity index (χ3v) is 7.28. The van der Waals surface area contributed by atoms with Gasteiger partial charge < -0.3 is 14.6 Å². The SMILES string of the molecule is C=CCOCC(CC)(CO)COCC=C.CCCCCCCCCCCCc1ccc(S(=O)(=O)O)cc1.[Ti]. The van der Waals surface area contributed by atoms with Gasteiger partial charge in [-0.2, -0.15) is 8.42 Å². The van der Waals surface area contributed by atoms with E-state index in [0.717, 1.165) is 24.8 Å². The molecule has 1 rings (SSSR count). The molecular formula is C30H52O6STi. The molecule has 0 amide bonds. The molecule has 0 saturated heterocycles. The molecule has 38 heavy (non-hydrogen) atoms. The molecule has 0 bridgehead atoms. The second-order valence-corrected chi connectivity index (χ2v) is 11.1. The van der Waals surface area contributed by atoms with E-state index in [2.05, 4.69) is 20.1 Å². The molecule has 0 aromatic heterocycles. The fourth-order valence-electron chi connectivity index (χ4n) is 3.81. The Balaban J connectivity index is 0. The van der Waals surface area contributed by atoms with Crippen LogP contribution in [-0.4, -0.2) is 51.1 Å². The predicted octanol–water partition coefficient (Wildman–Crippen LogP) is 7.17.